The molecule has 1 aliphatic carbocycles. The molecule has 3 aliphatic rings. The van der Waals surface area contributed by atoms with Gasteiger partial charge in [-0.25, -0.2) is 5.43 Å². The van der Waals surface area contributed by atoms with E-state index in [9.17, 15) is 9.59 Å². The Morgan fingerprint density at radius 3 is 2.57 bits per heavy atom. The van der Waals surface area contributed by atoms with Crippen molar-refractivity contribution < 1.29 is 9.59 Å². The molecule has 0 bridgehead atoms. The lowest BCUT2D eigenvalue weighted by molar-refractivity contribution is -0.129. The molecular formula is C27H36N6O2. The van der Waals surface area contributed by atoms with Crippen LogP contribution < -0.4 is 21.5 Å². The van der Waals surface area contributed by atoms with Gasteiger partial charge in [0.2, 0.25) is 11.8 Å². The van der Waals surface area contributed by atoms with E-state index in [-0.39, 0.29) is 35.9 Å². The van der Waals surface area contributed by atoms with Gasteiger partial charge in [0, 0.05) is 43.5 Å². The second kappa shape index (κ2) is 10.8. The summed E-state index contributed by atoms with van der Waals surface area (Å²) < 4.78 is 0. The maximum absolute atomic E-state index is 13.2. The van der Waals surface area contributed by atoms with Crippen LogP contribution in [0.1, 0.15) is 49.3 Å². The number of pyridine rings is 1. The molecule has 186 valence electrons. The Morgan fingerprint density at radius 2 is 1.80 bits per heavy atom. The lowest BCUT2D eigenvalue weighted by Crippen LogP contribution is -2.55. The van der Waals surface area contributed by atoms with Crippen LogP contribution >= 0.6 is 0 Å². The number of nitrogens with one attached hydrogen (secondary N) is 4. The van der Waals surface area contributed by atoms with Crippen LogP contribution in [0.25, 0.3) is 0 Å². The van der Waals surface area contributed by atoms with Gasteiger partial charge in [0.25, 0.3) is 0 Å². The quantitative estimate of drug-likeness (QED) is 0.509. The van der Waals surface area contributed by atoms with Crippen LogP contribution in [-0.4, -0.2) is 53.4 Å². The van der Waals surface area contributed by atoms with Gasteiger partial charge in [-0.2, -0.15) is 0 Å². The van der Waals surface area contributed by atoms with Crippen molar-refractivity contribution in [2.75, 3.05) is 13.6 Å². The van der Waals surface area contributed by atoms with E-state index < -0.39 is 0 Å². The van der Waals surface area contributed by atoms with Crippen LogP contribution in [0, 0.1) is 11.8 Å². The highest BCUT2D eigenvalue weighted by atomic mass is 16.2. The predicted octanol–water partition coefficient (Wildman–Crippen LogP) is 1.91. The SMILES string of the molecule is CN1C[C@H](NC(=O)C2CCC3NNC(c4ccncc4)C3C2)CC[C@H]1C(=O)NCc1ccccc1. The number of piperidine rings is 1. The normalized spacial score (nSPS) is 30.9. The number of aromatic nitrogens is 1. The predicted molar refractivity (Wildman–Crippen MR) is 134 cm³/mol. The number of likely N-dealkylation sites (tertiary alicyclic amines) is 1. The van der Waals surface area contributed by atoms with Gasteiger partial charge in [0.15, 0.2) is 0 Å². The van der Waals surface area contributed by atoms with E-state index >= 15 is 0 Å². The minimum absolute atomic E-state index is 0.0273. The van der Waals surface area contributed by atoms with Crippen molar-refractivity contribution in [3.05, 3.63) is 66.0 Å². The average Bonchev–Trinajstić information content (AvgIpc) is 3.32. The molecule has 6 atom stereocenters. The molecule has 2 saturated heterocycles. The summed E-state index contributed by atoms with van der Waals surface area (Å²) in [6.07, 6.45) is 7.98. The fourth-order valence-electron chi connectivity index (χ4n) is 6.01. The van der Waals surface area contributed by atoms with Gasteiger partial charge in [-0.05, 0) is 68.3 Å². The van der Waals surface area contributed by atoms with Gasteiger partial charge in [-0.1, -0.05) is 30.3 Å². The summed E-state index contributed by atoms with van der Waals surface area (Å²) in [5.74, 6) is 0.630. The standard InChI is InChI=1S/C27H36N6O2/c1-33-17-21(8-10-24(33)27(35)29-16-18-5-3-2-4-6-18)30-26(34)20-7-9-23-22(15-20)25(32-31-23)19-11-13-28-14-12-19/h2-6,11-14,20-25,31-32H,7-10,15-17H2,1H3,(H,29,35)(H,30,34)/t20?,21-,22?,23?,24+,25?/m1/s1. The number of carbonyl (C=O) groups is 2. The fraction of sp³-hybridized carbons (Fsp3) is 0.519. The summed E-state index contributed by atoms with van der Waals surface area (Å²) in [5, 5.41) is 6.37. The molecule has 1 saturated carbocycles. The number of amides is 2. The Balaban J connectivity index is 1.11. The van der Waals surface area contributed by atoms with E-state index in [0.717, 1.165) is 37.7 Å². The topological polar surface area (TPSA) is 98.4 Å². The second-order valence-corrected chi connectivity index (χ2v) is 10.3. The van der Waals surface area contributed by atoms with Crippen molar-refractivity contribution in [1.82, 2.24) is 31.4 Å². The van der Waals surface area contributed by atoms with Crippen molar-refractivity contribution in [1.29, 1.82) is 0 Å². The average molecular weight is 477 g/mol. The summed E-state index contributed by atoms with van der Waals surface area (Å²) in [5.41, 5.74) is 9.20. The highest BCUT2D eigenvalue weighted by Crippen LogP contribution is 2.40. The highest BCUT2D eigenvalue weighted by molar-refractivity contribution is 5.82. The third kappa shape index (κ3) is 5.55. The molecule has 5 rings (SSSR count). The van der Waals surface area contributed by atoms with Gasteiger partial charge < -0.3 is 10.6 Å². The third-order valence-corrected chi connectivity index (χ3v) is 7.98. The summed E-state index contributed by atoms with van der Waals surface area (Å²) in [4.78, 5) is 32.2. The number of hydrazine groups is 1. The molecular weight excluding hydrogens is 440 g/mol. The molecule has 4 N–H and O–H groups in total. The van der Waals surface area contributed by atoms with E-state index in [1.807, 2.05) is 49.8 Å². The molecule has 3 heterocycles. The zero-order chi connectivity index (χ0) is 24.2. The number of benzene rings is 1. The lowest BCUT2D eigenvalue weighted by Gasteiger charge is -2.38. The van der Waals surface area contributed by atoms with Crippen molar-refractivity contribution in [3.8, 4) is 0 Å². The smallest absolute Gasteiger partial charge is 0.237 e. The van der Waals surface area contributed by atoms with Crippen LogP contribution in [0.15, 0.2) is 54.9 Å². The van der Waals surface area contributed by atoms with Gasteiger partial charge in [0.1, 0.15) is 0 Å². The first-order valence-electron chi connectivity index (χ1n) is 12.8. The molecule has 35 heavy (non-hydrogen) atoms. The minimum Gasteiger partial charge on any atom is -0.352 e. The first-order chi connectivity index (χ1) is 17.1. The number of rotatable bonds is 6. The molecule has 8 heteroatoms. The molecule has 1 aromatic carbocycles. The summed E-state index contributed by atoms with van der Waals surface area (Å²) >= 11 is 0. The van der Waals surface area contributed by atoms with Crippen molar-refractivity contribution in [2.45, 2.75) is 62.8 Å². The van der Waals surface area contributed by atoms with Gasteiger partial charge in [-0.3, -0.25) is 24.9 Å². The largest absolute Gasteiger partial charge is 0.352 e. The fourth-order valence-corrected chi connectivity index (χ4v) is 6.01. The van der Waals surface area contributed by atoms with E-state index in [0.29, 0.717) is 25.0 Å². The first-order valence-corrected chi connectivity index (χ1v) is 12.8. The minimum atomic E-state index is -0.154. The molecule has 3 fully saturated rings. The van der Waals surface area contributed by atoms with Crippen LogP contribution in [0.2, 0.25) is 0 Å². The molecule has 2 aliphatic heterocycles. The Bertz CT molecular complexity index is 1000. The van der Waals surface area contributed by atoms with Gasteiger partial charge in [-0.15, -0.1) is 0 Å². The number of carbonyl (C=O) groups excluding carboxylic acids is 2. The number of fused-ring (bicyclic) bond motifs is 1. The molecule has 8 nitrogen and oxygen atoms in total. The number of hydrogen-bond donors (Lipinski definition) is 4. The maximum atomic E-state index is 13.2. The highest BCUT2D eigenvalue weighted by Gasteiger charge is 2.43. The zero-order valence-corrected chi connectivity index (χ0v) is 20.3. The van der Waals surface area contributed by atoms with E-state index in [1.54, 1.807) is 0 Å². The second-order valence-electron chi connectivity index (χ2n) is 10.3. The maximum Gasteiger partial charge on any atom is 0.237 e. The Morgan fingerprint density at radius 1 is 1.00 bits per heavy atom. The first kappa shape index (κ1) is 23.9. The molecule has 2 amide bonds. The summed E-state index contributed by atoms with van der Waals surface area (Å²) in [6, 6.07) is 14.6. The van der Waals surface area contributed by atoms with Crippen LogP contribution in [-0.2, 0) is 16.1 Å². The Kier molecular flexibility index (Phi) is 7.41. The molecule has 2 aromatic rings. The summed E-state index contributed by atoms with van der Waals surface area (Å²) in [7, 11) is 1.98. The molecule has 4 unspecified atom stereocenters. The van der Waals surface area contributed by atoms with Crippen LogP contribution in [0.3, 0.4) is 0 Å². The van der Waals surface area contributed by atoms with Crippen LogP contribution in [0.5, 0.6) is 0 Å². The van der Waals surface area contributed by atoms with E-state index in [1.165, 1.54) is 5.56 Å². The Labute approximate surface area is 207 Å². The molecule has 1 aromatic heterocycles. The number of hydrogen-bond acceptors (Lipinski definition) is 6. The van der Waals surface area contributed by atoms with E-state index in [2.05, 4.69) is 43.5 Å². The van der Waals surface area contributed by atoms with Crippen molar-refractivity contribution >= 4 is 11.8 Å². The molecule has 0 spiro atoms. The number of likely N-dealkylation sites (N-methyl/N-ethyl adjacent to an activating group) is 1. The van der Waals surface area contributed by atoms with Crippen molar-refractivity contribution in [2.24, 2.45) is 11.8 Å². The Hall–Kier alpha value is -2.81. The number of nitrogens with zero attached hydrogens (tertiary/aromatic N) is 2. The van der Waals surface area contributed by atoms with Gasteiger partial charge >= 0.3 is 0 Å². The lowest BCUT2D eigenvalue weighted by atomic mass is 9.74. The van der Waals surface area contributed by atoms with Crippen LogP contribution in [0.4, 0.5) is 0 Å². The molecule has 0 radical (unpaired) electrons. The van der Waals surface area contributed by atoms with E-state index in [4.69, 9.17) is 0 Å². The third-order valence-electron chi connectivity index (χ3n) is 7.98. The summed E-state index contributed by atoms with van der Waals surface area (Å²) in [6.45, 7) is 1.23. The van der Waals surface area contributed by atoms with Crippen molar-refractivity contribution in [3.63, 3.8) is 0 Å². The zero-order valence-electron chi connectivity index (χ0n) is 20.3. The monoisotopic (exact) mass is 476 g/mol. The van der Waals surface area contributed by atoms with Gasteiger partial charge in [0.05, 0.1) is 12.1 Å².